The van der Waals surface area contributed by atoms with Crippen molar-refractivity contribution in [3.63, 3.8) is 0 Å². The minimum absolute atomic E-state index is 0.203. The minimum Gasteiger partial charge on any atom is -0.236 e. The lowest BCUT2D eigenvalue weighted by Crippen LogP contribution is -2.32. The van der Waals surface area contributed by atoms with Crippen LogP contribution in [0.25, 0.3) is 0 Å². The third-order valence-corrected chi connectivity index (χ3v) is 3.39. The third kappa shape index (κ3) is 12.2. The lowest BCUT2D eigenvalue weighted by Gasteiger charge is -2.23. The fourth-order valence-corrected chi connectivity index (χ4v) is 2.24. The zero-order chi connectivity index (χ0) is 13.7. The van der Waals surface area contributed by atoms with Crippen LogP contribution in [0.15, 0.2) is 12.2 Å². The summed E-state index contributed by atoms with van der Waals surface area (Å²) in [4.78, 5) is 0. The highest BCUT2D eigenvalue weighted by Gasteiger charge is 2.15. The first-order valence-electron chi connectivity index (χ1n) is 7.96. The van der Waals surface area contributed by atoms with Crippen LogP contribution in [0.2, 0.25) is 0 Å². The van der Waals surface area contributed by atoms with Crippen LogP contribution < -0.4 is 5.32 Å². The van der Waals surface area contributed by atoms with Gasteiger partial charge in [0.15, 0.2) is 0 Å². The summed E-state index contributed by atoms with van der Waals surface area (Å²) in [7, 11) is 0. The van der Waals surface area contributed by atoms with Gasteiger partial charge in [0.1, 0.15) is 0 Å². The van der Waals surface area contributed by atoms with Crippen LogP contribution >= 0.6 is 0 Å². The number of nitrogens with zero attached hydrogens (tertiary/aromatic N) is 1. The van der Waals surface area contributed by atoms with Gasteiger partial charge in [0.25, 0.3) is 0 Å². The summed E-state index contributed by atoms with van der Waals surface area (Å²) in [5.74, 6) is 0. The summed E-state index contributed by atoms with van der Waals surface area (Å²) in [5.41, 5.74) is 0.203. The molecule has 0 unspecified atom stereocenters. The Balaban J connectivity index is 3.28. The van der Waals surface area contributed by atoms with Crippen LogP contribution in [0.5, 0.6) is 0 Å². The Hall–Kier alpha value is -0.300. The van der Waals surface area contributed by atoms with E-state index in [0.717, 1.165) is 6.54 Å². The molecule has 0 saturated heterocycles. The second kappa shape index (κ2) is 11.8. The monoisotopic (exact) mass is 252 g/mol. The normalized spacial score (nSPS) is 12.4. The molecule has 1 nitrogen and oxygen atoms in total. The quantitative estimate of drug-likeness (QED) is 0.323. The summed E-state index contributed by atoms with van der Waals surface area (Å²) < 4.78 is 0. The van der Waals surface area contributed by atoms with Crippen LogP contribution in [0.1, 0.15) is 85.5 Å². The van der Waals surface area contributed by atoms with Crippen molar-refractivity contribution >= 4 is 0 Å². The van der Waals surface area contributed by atoms with Gasteiger partial charge in [0.2, 0.25) is 0 Å². The van der Waals surface area contributed by atoms with Gasteiger partial charge in [-0.1, -0.05) is 58.1 Å². The van der Waals surface area contributed by atoms with Gasteiger partial charge in [0.05, 0.1) is 0 Å². The van der Waals surface area contributed by atoms with Gasteiger partial charge in [-0.3, -0.25) is 0 Å². The van der Waals surface area contributed by atoms with Crippen molar-refractivity contribution in [1.82, 2.24) is 5.32 Å². The maximum absolute atomic E-state index is 4.62. The van der Waals surface area contributed by atoms with E-state index in [4.69, 9.17) is 0 Å². The van der Waals surface area contributed by atoms with E-state index in [0.29, 0.717) is 0 Å². The van der Waals surface area contributed by atoms with Crippen LogP contribution in [0.4, 0.5) is 0 Å². The lowest BCUT2D eigenvalue weighted by atomic mass is 9.96. The highest BCUT2D eigenvalue weighted by atomic mass is 14.9. The van der Waals surface area contributed by atoms with E-state index in [9.17, 15) is 0 Å². The molecule has 0 aromatic heterocycles. The highest BCUT2D eigenvalue weighted by Crippen LogP contribution is 2.16. The van der Waals surface area contributed by atoms with Gasteiger partial charge in [-0.15, -0.1) is 0 Å². The molecule has 0 rings (SSSR count). The Labute approximate surface area is 115 Å². The molecular weight excluding hydrogens is 218 g/mol. The second-order valence-corrected chi connectivity index (χ2v) is 5.85. The van der Waals surface area contributed by atoms with Crippen LogP contribution in [-0.2, 0) is 0 Å². The Morgan fingerprint density at radius 2 is 1.44 bits per heavy atom. The molecule has 0 aliphatic carbocycles. The number of hydrogen-bond acceptors (Lipinski definition) is 0. The van der Waals surface area contributed by atoms with Crippen LogP contribution in [0, 0.1) is 0 Å². The molecular formula is C17H34N. The average Bonchev–Trinajstić information content (AvgIpc) is 2.31. The molecule has 0 aromatic rings. The third-order valence-electron chi connectivity index (χ3n) is 3.39. The van der Waals surface area contributed by atoms with Gasteiger partial charge in [-0.25, -0.2) is 5.32 Å². The molecule has 1 heteroatoms. The van der Waals surface area contributed by atoms with Gasteiger partial charge in [0, 0.05) is 12.1 Å². The largest absolute Gasteiger partial charge is 0.236 e. The number of allylic oxidation sites excluding steroid dienone is 2. The first-order valence-corrected chi connectivity index (χ1v) is 7.96. The van der Waals surface area contributed by atoms with Crippen LogP contribution in [-0.4, -0.2) is 12.1 Å². The number of rotatable bonds is 12. The van der Waals surface area contributed by atoms with Crippen molar-refractivity contribution in [3.05, 3.63) is 12.2 Å². The SMILES string of the molecule is CCCCC=CCCCCCCC(C)(C)[N]CC. The van der Waals surface area contributed by atoms with Crippen molar-refractivity contribution in [2.75, 3.05) is 6.54 Å². The van der Waals surface area contributed by atoms with Gasteiger partial charge in [-0.05, 0) is 39.5 Å². The van der Waals surface area contributed by atoms with Crippen molar-refractivity contribution in [2.24, 2.45) is 0 Å². The molecule has 0 fully saturated rings. The number of hydrogen-bond donors (Lipinski definition) is 0. The molecule has 0 bridgehead atoms. The Morgan fingerprint density at radius 3 is 2.06 bits per heavy atom. The van der Waals surface area contributed by atoms with E-state index < -0.39 is 0 Å². The first kappa shape index (κ1) is 17.7. The van der Waals surface area contributed by atoms with Crippen LogP contribution in [0.3, 0.4) is 0 Å². The average molecular weight is 252 g/mol. The van der Waals surface area contributed by atoms with E-state index in [-0.39, 0.29) is 5.54 Å². The molecule has 0 aliphatic heterocycles. The van der Waals surface area contributed by atoms with E-state index in [2.05, 4.69) is 45.2 Å². The topological polar surface area (TPSA) is 14.1 Å². The van der Waals surface area contributed by atoms with Crippen molar-refractivity contribution < 1.29 is 0 Å². The predicted molar refractivity (Wildman–Crippen MR) is 83.1 cm³/mol. The molecule has 1 radical (unpaired) electrons. The zero-order valence-electron chi connectivity index (χ0n) is 13.2. The molecule has 107 valence electrons. The molecule has 0 amide bonds. The standard InChI is InChI=1S/C17H34N/c1-5-7-8-9-10-11-12-13-14-15-16-17(3,4)18-6-2/h9-10H,5-8,11-16H2,1-4H3. The van der Waals surface area contributed by atoms with E-state index in [1.807, 2.05) is 0 Å². The highest BCUT2D eigenvalue weighted by molar-refractivity contribution is 4.81. The van der Waals surface area contributed by atoms with E-state index >= 15 is 0 Å². The molecule has 18 heavy (non-hydrogen) atoms. The molecule has 0 atom stereocenters. The summed E-state index contributed by atoms with van der Waals surface area (Å²) in [6.07, 6.45) is 16.6. The van der Waals surface area contributed by atoms with Gasteiger partial charge >= 0.3 is 0 Å². The summed E-state index contributed by atoms with van der Waals surface area (Å²) in [5, 5.41) is 4.62. The maximum atomic E-state index is 4.62. The molecule has 0 spiro atoms. The molecule has 0 aliphatic rings. The van der Waals surface area contributed by atoms with Gasteiger partial charge in [-0.2, -0.15) is 0 Å². The number of unbranched alkanes of at least 4 members (excludes halogenated alkanes) is 6. The Kier molecular flexibility index (Phi) is 11.6. The molecule has 0 aromatic carbocycles. The molecule has 0 N–H and O–H groups in total. The summed E-state index contributed by atoms with van der Waals surface area (Å²) >= 11 is 0. The minimum atomic E-state index is 0.203. The van der Waals surface area contributed by atoms with Crippen molar-refractivity contribution in [3.8, 4) is 0 Å². The Bertz CT molecular complexity index is 194. The smallest absolute Gasteiger partial charge is 0.0300 e. The molecule has 0 saturated carbocycles. The van der Waals surface area contributed by atoms with Crippen molar-refractivity contribution in [1.29, 1.82) is 0 Å². The fraction of sp³-hybridized carbons (Fsp3) is 0.882. The van der Waals surface area contributed by atoms with E-state index in [1.165, 1.54) is 57.8 Å². The first-order chi connectivity index (χ1) is 8.62. The second-order valence-electron chi connectivity index (χ2n) is 5.85. The fourth-order valence-electron chi connectivity index (χ4n) is 2.24. The Morgan fingerprint density at radius 1 is 0.833 bits per heavy atom. The zero-order valence-corrected chi connectivity index (χ0v) is 13.2. The van der Waals surface area contributed by atoms with Gasteiger partial charge < -0.3 is 0 Å². The van der Waals surface area contributed by atoms with Crippen molar-refractivity contribution in [2.45, 2.75) is 91.0 Å². The molecule has 0 heterocycles. The summed E-state index contributed by atoms with van der Waals surface area (Å²) in [6, 6.07) is 0. The summed E-state index contributed by atoms with van der Waals surface area (Å²) in [6.45, 7) is 9.85. The predicted octanol–water partition coefficient (Wildman–Crippen LogP) is 5.48. The van der Waals surface area contributed by atoms with E-state index in [1.54, 1.807) is 0 Å². The lowest BCUT2D eigenvalue weighted by molar-refractivity contribution is 0.347. The maximum Gasteiger partial charge on any atom is 0.0300 e.